The van der Waals surface area contributed by atoms with Crippen LogP contribution in [-0.2, 0) is 7.05 Å². The molecule has 7 heteroatoms. The smallest absolute Gasteiger partial charge is 0.260 e. The molecule has 0 unspecified atom stereocenters. The van der Waals surface area contributed by atoms with Gasteiger partial charge in [0.25, 0.3) is 5.91 Å². The number of hydrogen-bond acceptors (Lipinski definition) is 3. The number of halogens is 2. The fourth-order valence-corrected chi connectivity index (χ4v) is 1.27. The molecule has 0 atom stereocenters. The minimum atomic E-state index is -1.30. The average Bonchev–Trinajstić information content (AvgIpc) is 2.68. The maximum absolute atomic E-state index is 13.3. The van der Waals surface area contributed by atoms with E-state index in [1.165, 1.54) is 16.9 Å². The van der Waals surface area contributed by atoms with Gasteiger partial charge in [-0.2, -0.15) is 9.49 Å². The van der Waals surface area contributed by atoms with Gasteiger partial charge in [-0.05, 0) is 6.07 Å². The van der Waals surface area contributed by atoms with Crippen LogP contribution in [0.2, 0.25) is 0 Å². The summed E-state index contributed by atoms with van der Waals surface area (Å²) < 4.78 is 27.5. The highest BCUT2D eigenvalue weighted by atomic mass is 19.2. The first-order chi connectivity index (χ1) is 8.09. The molecule has 2 aromatic heterocycles. The zero-order valence-electron chi connectivity index (χ0n) is 8.82. The van der Waals surface area contributed by atoms with E-state index in [2.05, 4.69) is 15.4 Å². The molecule has 0 bridgehead atoms. The molecule has 0 spiro atoms. The molecule has 0 radical (unpaired) electrons. The molecule has 0 aliphatic heterocycles. The maximum atomic E-state index is 13.3. The lowest BCUT2D eigenvalue weighted by Crippen LogP contribution is -2.17. The SMILES string of the molecule is Cn1nccc1NC(=O)c1ccnc(F)c1F. The Morgan fingerprint density at radius 3 is 2.76 bits per heavy atom. The zero-order valence-corrected chi connectivity index (χ0v) is 8.82. The van der Waals surface area contributed by atoms with E-state index >= 15 is 0 Å². The number of pyridine rings is 1. The van der Waals surface area contributed by atoms with Crippen LogP contribution in [-0.4, -0.2) is 20.7 Å². The Morgan fingerprint density at radius 2 is 2.12 bits per heavy atom. The summed E-state index contributed by atoms with van der Waals surface area (Å²) in [7, 11) is 1.61. The van der Waals surface area contributed by atoms with E-state index in [-0.39, 0.29) is 0 Å². The Balaban J connectivity index is 2.27. The van der Waals surface area contributed by atoms with Gasteiger partial charge in [0.2, 0.25) is 5.95 Å². The number of hydrogen-bond donors (Lipinski definition) is 1. The van der Waals surface area contributed by atoms with Crippen molar-refractivity contribution in [3.63, 3.8) is 0 Å². The monoisotopic (exact) mass is 238 g/mol. The van der Waals surface area contributed by atoms with Crippen LogP contribution in [0.4, 0.5) is 14.6 Å². The molecular weight excluding hydrogens is 230 g/mol. The van der Waals surface area contributed by atoms with Crippen molar-refractivity contribution in [3.8, 4) is 0 Å². The van der Waals surface area contributed by atoms with E-state index in [9.17, 15) is 13.6 Å². The number of carbonyl (C=O) groups excluding carboxylic acids is 1. The van der Waals surface area contributed by atoms with Gasteiger partial charge in [-0.15, -0.1) is 0 Å². The molecule has 2 aromatic rings. The summed E-state index contributed by atoms with van der Waals surface area (Å²) in [5.41, 5.74) is -0.404. The third-order valence-electron chi connectivity index (χ3n) is 2.15. The predicted molar refractivity (Wildman–Crippen MR) is 55.3 cm³/mol. The fourth-order valence-electron chi connectivity index (χ4n) is 1.27. The Labute approximate surface area is 95.1 Å². The van der Waals surface area contributed by atoms with Crippen LogP contribution in [0.3, 0.4) is 0 Å². The van der Waals surface area contributed by atoms with Crippen LogP contribution >= 0.6 is 0 Å². The number of amides is 1. The van der Waals surface area contributed by atoms with Crippen LogP contribution in [0, 0.1) is 11.8 Å². The van der Waals surface area contributed by atoms with Crippen molar-refractivity contribution in [2.24, 2.45) is 7.05 Å². The first-order valence-corrected chi connectivity index (χ1v) is 4.69. The number of rotatable bonds is 2. The van der Waals surface area contributed by atoms with Gasteiger partial charge < -0.3 is 5.32 Å². The fraction of sp³-hybridized carbons (Fsp3) is 0.100. The zero-order chi connectivity index (χ0) is 12.4. The van der Waals surface area contributed by atoms with Crippen LogP contribution in [0.15, 0.2) is 24.5 Å². The Hall–Kier alpha value is -2.31. The van der Waals surface area contributed by atoms with E-state index < -0.39 is 23.2 Å². The summed E-state index contributed by atoms with van der Waals surface area (Å²) in [4.78, 5) is 14.7. The highest BCUT2D eigenvalue weighted by Gasteiger charge is 2.16. The molecule has 88 valence electrons. The minimum absolute atomic E-state index is 0.381. The van der Waals surface area contributed by atoms with Crippen LogP contribution in [0.25, 0.3) is 0 Å². The average molecular weight is 238 g/mol. The highest BCUT2D eigenvalue weighted by Crippen LogP contribution is 2.12. The van der Waals surface area contributed by atoms with Crippen molar-refractivity contribution >= 4 is 11.7 Å². The molecule has 1 N–H and O–H groups in total. The van der Waals surface area contributed by atoms with Gasteiger partial charge in [-0.3, -0.25) is 9.48 Å². The van der Waals surface area contributed by atoms with Gasteiger partial charge in [-0.25, -0.2) is 9.37 Å². The maximum Gasteiger partial charge on any atom is 0.260 e. The van der Waals surface area contributed by atoms with Gasteiger partial charge in [-0.1, -0.05) is 0 Å². The first kappa shape index (κ1) is 11.2. The number of aryl methyl sites for hydroxylation is 1. The summed E-state index contributed by atoms with van der Waals surface area (Å²) in [5, 5.41) is 6.23. The van der Waals surface area contributed by atoms with Crippen LogP contribution in [0.5, 0.6) is 0 Å². The van der Waals surface area contributed by atoms with Crippen LogP contribution in [0.1, 0.15) is 10.4 Å². The first-order valence-electron chi connectivity index (χ1n) is 4.69. The summed E-state index contributed by atoms with van der Waals surface area (Å²) in [6.45, 7) is 0. The molecule has 0 saturated heterocycles. The summed E-state index contributed by atoms with van der Waals surface area (Å²) in [5.74, 6) is -2.95. The minimum Gasteiger partial charge on any atom is -0.307 e. The second-order valence-corrected chi connectivity index (χ2v) is 3.26. The standard InChI is InChI=1S/C10H8F2N4O/c1-16-7(3-5-14-16)15-10(17)6-2-4-13-9(12)8(6)11/h2-5H,1H3,(H,15,17). The largest absolute Gasteiger partial charge is 0.307 e. The van der Waals surface area contributed by atoms with E-state index in [0.717, 1.165) is 12.3 Å². The second-order valence-electron chi connectivity index (χ2n) is 3.26. The van der Waals surface area contributed by atoms with Gasteiger partial charge in [0.05, 0.1) is 11.8 Å². The molecule has 0 aliphatic rings. The third kappa shape index (κ3) is 2.12. The van der Waals surface area contributed by atoms with E-state index in [4.69, 9.17) is 0 Å². The van der Waals surface area contributed by atoms with Crippen molar-refractivity contribution in [3.05, 3.63) is 41.9 Å². The van der Waals surface area contributed by atoms with Crippen LogP contribution < -0.4 is 5.32 Å². The third-order valence-corrected chi connectivity index (χ3v) is 2.15. The molecule has 0 aliphatic carbocycles. The molecule has 0 saturated carbocycles. The predicted octanol–water partition coefficient (Wildman–Crippen LogP) is 1.35. The van der Waals surface area contributed by atoms with Crippen molar-refractivity contribution in [1.82, 2.24) is 14.8 Å². The van der Waals surface area contributed by atoms with E-state index in [1.807, 2.05) is 0 Å². The molecular formula is C10H8F2N4O. The van der Waals surface area contributed by atoms with Gasteiger partial charge in [0, 0.05) is 19.3 Å². The number of nitrogens with one attached hydrogen (secondary N) is 1. The summed E-state index contributed by atoms with van der Waals surface area (Å²) >= 11 is 0. The molecule has 2 rings (SSSR count). The van der Waals surface area contributed by atoms with Crippen molar-refractivity contribution in [2.45, 2.75) is 0 Å². The Morgan fingerprint density at radius 1 is 1.35 bits per heavy atom. The lowest BCUT2D eigenvalue weighted by molar-refractivity contribution is 0.102. The lowest BCUT2D eigenvalue weighted by atomic mass is 10.2. The van der Waals surface area contributed by atoms with Crippen molar-refractivity contribution in [2.75, 3.05) is 5.32 Å². The molecule has 0 aromatic carbocycles. The highest BCUT2D eigenvalue weighted by molar-refractivity contribution is 6.03. The van der Waals surface area contributed by atoms with Gasteiger partial charge >= 0.3 is 0 Å². The number of nitrogens with zero attached hydrogens (tertiary/aromatic N) is 3. The summed E-state index contributed by atoms with van der Waals surface area (Å²) in [6, 6.07) is 2.64. The van der Waals surface area contributed by atoms with Gasteiger partial charge in [0.1, 0.15) is 5.82 Å². The molecule has 1 amide bonds. The topological polar surface area (TPSA) is 59.8 Å². The van der Waals surface area contributed by atoms with Gasteiger partial charge in [0.15, 0.2) is 5.82 Å². The number of anilines is 1. The van der Waals surface area contributed by atoms with E-state index in [0.29, 0.717) is 5.82 Å². The molecule has 5 nitrogen and oxygen atoms in total. The molecule has 2 heterocycles. The number of aromatic nitrogens is 3. The molecule has 17 heavy (non-hydrogen) atoms. The Bertz CT molecular complexity index is 567. The number of carbonyl (C=O) groups is 1. The van der Waals surface area contributed by atoms with E-state index in [1.54, 1.807) is 7.05 Å². The normalized spacial score (nSPS) is 10.3. The molecule has 0 fully saturated rings. The van der Waals surface area contributed by atoms with Crippen molar-refractivity contribution in [1.29, 1.82) is 0 Å². The lowest BCUT2D eigenvalue weighted by Gasteiger charge is -2.05. The second kappa shape index (κ2) is 4.28. The summed E-state index contributed by atoms with van der Waals surface area (Å²) in [6.07, 6.45) is 2.50. The quantitative estimate of drug-likeness (QED) is 0.803. The Kier molecular flexibility index (Phi) is 2.82. The van der Waals surface area contributed by atoms with Crippen molar-refractivity contribution < 1.29 is 13.6 Å².